The average Bonchev–Trinajstić information content (AvgIpc) is 2.64. The summed E-state index contributed by atoms with van der Waals surface area (Å²) in [7, 11) is 1.64. The van der Waals surface area contributed by atoms with Crippen LogP contribution in [-0.2, 0) is 0 Å². The van der Waals surface area contributed by atoms with E-state index in [0.717, 1.165) is 22.9 Å². The molecule has 128 valence electrons. The van der Waals surface area contributed by atoms with Crippen molar-refractivity contribution in [3.63, 3.8) is 0 Å². The van der Waals surface area contributed by atoms with Gasteiger partial charge in [0.15, 0.2) is 0 Å². The normalized spacial score (nSPS) is 10.2. The molecule has 2 N–H and O–H groups in total. The highest BCUT2D eigenvalue weighted by Gasteiger charge is 2.05. The Balaban J connectivity index is 1.73. The summed E-state index contributed by atoms with van der Waals surface area (Å²) < 4.78 is 10.8. The first-order chi connectivity index (χ1) is 12.3. The lowest BCUT2D eigenvalue weighted by atomic mass is 10.3. The summed E-state index contributed by atoms with van der Waals surface area (Å²) in [5, 5.41) is 6.42. The van der Waals surface area contributed by atoms with Crippen LogP contribution in [0.4, 0.5) is 23.1 Å². The molecule has 0 bridgehead atoms. The molecule has 0 aliphatic heterocycles. The van der Waals surface area contributed by atoms with Crippen LogP contribution in [0, 0.1) is 0 Å². The summed E-state index contributed by atoms with van der Waals surface area (Å²) >= 11 is 0. The summed E-state index contributed by atoms with van der Waals surface area (Å²) in [6, 6.07) is 17.1. The smallest absolute Gasteiger partial charge is 0.229 e. The number of hydrogen-bond acceptors (Lipinski definition) is 6. The second-order valence-electron chi connectivity index (χ2n) is 5.17. The zero-order chi connectivity index (χ0) is 17.5. The molecule has 3 aromatic rings. The fourth-order valence-corrected chi connectivity index (χ4v) is 2.30. The van der Waals surface area contributed by atoms with Crippen LogP contribution in [0.15, 0.2) is 60.8 Å². The number of anilines is 4. The molecule has 0 saturated heterocycles. The Labute approximate surface area is 146 Å². The quantitative estimate of drug-likeness (QED) is 0.668. The number of ether oxygens (including phenoxy) is 2. The van der Waals surface area contributed by atoms with Crippen molar-refractivity contribution in [1.29, 1.82) is 0 Å². The van der Waals surface area contributed by atoms with Crippen molar-refractivity contribution in [2.75, 3.05) is 24.4 Å². The molecule has 0 saturated carbocycles. The van der Waals surface area contributed by atoms with E-state index >= 15 is 0 Å². The summed E-state index contributed by atoms with van der Waals surface area (Å²) in [5.74, 6) is 2.76. The van der Waals surface area contributed by atoms with E-state index < -0.39 is 0 Å². The van der Waals surface area contributed by atoms with Crippen molar-refractivity contribution >= 4 is 23.1 Å². The van der Waals surface area contributed by atoms with Crippen molar-refractivity contribution in [2.24, 2.45) is 0 Å². The van der Waals surface area contributed by atoms with Gasteiger partial charge in [-0.25, -0.2) is 4.98 Å². The summed E-state index contributed by atoms with van der Waals surface area (Å²) in [5.41, 5.74) is 1.73. The topological polar surface area (TPSA) is 68.3 Å². The van der Waals surface area contributed by atoms with Crippen LogP contribution in [0.5, 0.6) is 11.5 Å². The monoisotopic (exact) mass is 336 g/mol. The number of aromatic nitrogens is 2. The van der Waals surface area contributed by atoms with Gasteiger partial charge in [-0.1, -0.05) is 12.1 Å². The number of para-hydroxylation sites is 2. The third-order valence-corrected chi connectivity index (χ3v) is 3.45. The molecule has 1 heterocycles. The summed E-state index contributed by atoms with van der Waals surface area (Å²) in [6.07, 6.45) is 1.70. The number of rotatable bonds is 7. The van der Waals surface area contributed by atoms with Crippen molar-refractivity contribution in [1.82, 2.24) is 9.97 Å². The Kier molecular flexibility index (Phi) is 5.31. The molecule has 0 unspecified atom stereocenters. The SMILES string of the molecule is CCOc1ccc(Nc2nccc(Nc3ccccc3OC)n2)cc1. The second kappa shape index (κ2) is 8.01. The molecular weight excluding hydrogens is 316 g/mol. The van der Waals surface area contributed by atoms with Gasteiger partial charge in [0.2, 0.25) is 5.95 Å². The standard InChI is InChI=1S/C19H20N4O2/c1-3-25-15-10-8-14(9-11-15)21-19-20-13-12-18(23-19)22-16-6-4-5-7-17(16)24-2/h4-13H,3H2,1-2H3,(H2,20,21,22,23). The van der Waals surface area contributed by atoms with E-state index in [1.807, 2.05) is 55.5 Å². The molecule has 0 aliphatic rings. The molecule has 0 fully saturated rings. The Morgan fingerprint density at radius 2 is 1.76 bits per heavy atom. The maximum Gasteiger partial charge on any atom is 0.229 e. The zero-order valence-electron chi connectivity index (χ0n) is 14.2. The van der Waals surface area contributed by atoms with Crippen LogP contribution in [-0.4, -0.2) is 23.7 Å². The highest BCUT2D eigenvalue weighted by Crippen LogP contribution is 2.26. The van der Waals surface area contributed by atoms with Crippen molar-refractivity contribution in [3.05, 3.63) is 60.8 Å². The van der Waals surface area contributed by atoms with Crippen LogP contribution in [0.3, 0.4) is 0 Å². The number of hydrogen-bond donors (Lipinski definition) is 2. The molecule has 3 rings (SSSR count). The van der Waals surface area contributed by atoms with Gasteiger partial charge in [-0.2, -0.15) is 4.98 Å². The van der Waals surface area contributed by atoms with E-state index in [2.05, 4.69) is 20.6 Å². The lowest BCUT2D eigenvalue weighted by molar-refractivity contribution is 0.340. The lowest BCUT2D eigenvalue weighted by Gasteiger charge is -2.11. The van der Waals surface area contributed by atoms with Gasteiger partial charge >= 0.3 is 0 Å². The lowest BCUT2D eigenvalue weighted by Crippen LogP contribution is -2.01. The molecule has 0 radical (unpaired) electrons. The first-order valence-corrected chi connectivity index (χ1v) is 8.01. The van der Waals surface area contributed by atoms with Crippen molar-refractivity contribution < 1.29 is 9.47 Å². The Hall–Kier alpha value is -3.28. The van der Waals surface area contributed by atoms with Gasteiger partial charge in [0.1, 0.15) is 17.3 Å². The molecule has 25 heavy (non-hydrogen) atoms. The zero-order valence-corrected chi connectivity index (χ0v) is 14.2. The van der Waals surface area contributed by atoms with Crippen molar-refractivity contribution in [3.8, 4) is 11.5 Å². The summed E-state index contributed by atoms with van der Waals surface area (Å²) in [4.78, 5) is 8.73. The van der Waals surface area contributed by atoms with Gasteiger partial charge in [-0.15, -0.1) is 0 Å². The Bertz CT molecular complexity index is 822. The van der Waals surface area contributed by atoms with Gasteiger partial charge in [0, 0.05) is 11.9 Å². The molecule has 6 nitrogen and oxygen atoms in total. The Morgan fingerprint density at radius 1 is 0.960 bits per heavy atom. The van der Waals surface area contributed by atoms with E-state index in [-0.39, 0.29) is 0 Å². The predicted molar refractivity (Wildman–Crippen MR) is 99.2 cm³/mol. The van der Waals surface area contributed by atoms with Crippen LogP contribution in [0.1, 0.15) is 6.92 Å². The van der Waals surface area contributed by atoms with Gasteiger partial charge in [-0.3, -0.25) is 0 Å². The van der Waals surface area contributed by atoms with Crippen LogP contribution < -0.4 is 20.1 Å². The highest BCUT2D eigenvalue weighted by molar-refractivity contribution is 5.65. The van der Waals surface area contributed by atoms with E-state index in [1.165, 1.54) is 0 Å². The first kappa shape index (κ1) is 16.6. The van der Waals surface area contributed by atoms with Crippen LogP contribution in [0.25, 0.3) is 0 Å². The minimum Gasteiger partial charge on any atom is -0.495 e. The summed E-state index contributed by atoms with van der Waals surface area (Å²) in [6.45, 7) is 2.60. The number of nitrogens with zero attached hydrogens (tertiary/aromatic N) is 2. The fraction of sp³-hybridized carbons (Fsp3) is 0.158. The number of benzene rings is 2. The number of nitrogens with one attached hydrogen (secondary N) is 2. The molecule has 0 aliphatic carbocycles. The average molecular weight is 336 g/mol. The first-order valence-electron chi connectivity index (χ1n) is 8.01. The third kappa shape index (κ3) is 4.38. The highest BCUT2D eigenvalue weighted by atomic mass is 16.5. The van der Waals surface area contributed by atoms with E-state index in [9.17, 15) is 0 Å². The van der Waals surface area contributed by atoms with E-state index in [0.29, 0.717) is 18.4 Å². The fourth-order valence-electron chi connectivity index (χ4n) is 2.30. The third-order valence-electron chi connectivity index (χ3n) is 3.45. The molecule has 6 heteroatoms. The minimum atomic E-state index is 0.504. The maximum absolute atomic E-state index is 5.44. The minimum absolute atomic E-state index is 0.504. The van der Waals surface area contributed by atoms with E-state index in [1.54, 1.807) is 19.4 Å². The maximum atomic E-state index is 5.44. The molecular formula is C19H20N4O2. The number of methoxy groups -OCH3 is 1. The molecule has 0 atom stereocenters. The van der Waals surface area contributed by atoms with Crippen LogP contribution >= 0.6 is 0 Å². The molecule has 2 aromatic carbocycles. The largest absolute Gasteiger partial charge is 0.495 e. The Morgan fingerprint density at radius 3 is 2.52 bits per heavy atom. The molecule has 0 amide bonds. The van der Waals surface area contributed by atoms with E-state index in [4.69, 9.17) is 9.47 Å². The predicted octanol–water partition coefficient (Wildman–Crippen LogP) is 4.37. The van der Waals surface area contributed by atoms with Gasteiger partial charge in [-0.05, 0) is 49.4 Å². The van der Waals surface area contributed by atoms with Crippen LogP contribution in [0.2, 0.25) is 0 Å². The van der Waals surface area contributed by atoms with Gasteiger partial charge < -0.3 is 20.1 Å². The second-order valence-corrected chi connectivity index (χ2v) is 5.17. The molecule has 1 aromatic heterocycles. The molecule has 0 spiro atoms. The van der Waals surface area contributed by atoms with Gasteiger partial charge in [0.05, 0.1) is 19.4 Å². The van der Waals surface area contributed by atoms with Crippen molar-refractivity contribution in [2.45, 2.75) is 6.92 Å². The van der Waals surface area contributed by atoms with Gasteiger partial charge in [0.25, 0.3) is 0 Å².